The fraction of sp³-hybridized carbons (Fsp3) is 0.111. The van der Waals surface area contributed by atoms with Crippen molar-refractivity contribution in [2.45, 2.75) is 4.90 Å². The number of hydrogen-bond acceptors (Lipinski definition) is 4. The second-order valence-electron chi connectivity index (χ2n) is 3.02. The highest BCUT2D eigenvalue weighted by atomic mass is 32.2. The van der Waals surface area contributed by atoms with Crippen LogP contribution in [-0.4, -0.2) is 15.0 Å². The van der Waals surface area contributed by atoms with Gasteiger partial charge in [0.1, 0.15) is 4.90 Å². The molecule has 1 aliphatic rings. The van der Waals surface area contributed by atoms with Gasteiger partial charge in [-0.25, -0.2) is 18.6 Å². The quantitative estimate of drug-likeness (QED) is 0.801. The zero-order chi connectivity index (χ0) is 10.9. The van der Waals surface area contributed by atoms with Gasteiger partial charge in [0, 0.05) is 6.20 Å². The Labute approximate surface area is 87.8 Å². The molecule has 0 unspecified atom stereocenters. The molecule has 0 aliphatic carbocycles. The summed E-state index contributed by atoms with van der Waals surface area (Å²) >= 11 is 0. The molecular weight excluding hydrogens is 216 g/mol. The highest BCUT2D eigenvalue weighted by Crippen LogP contribution is 2.25. The summed E-state index contributed by atoms with van der Waals surface area (Å²) in [6.45, 7) is 0.430. The van der Waals surface area contributed by atoms with Crippen molar-refractivity contribution in [2.24, 2.45) is 5.14 Å². The smallest absolute Gasteiger partial charge is 0.240 e. The maximum absolute atomic E-state index is 11.3. The summed E-state index contributed by atoms with van der Waals surface area (Å²) in [5, 5.41) is 6.48. The minimum absolute atomic E-state index is 0.0524. The molecule has 0 saturated heterocycles. The third-order valence-electron chi connectivity index (χ3n) is 1.96. The van der Waals surface area contributed by atoms with Gasteiger partial charge < -0.3 is 0 Å². The highest BCUT2D eigenvalue weighted by molar-refractivity contribution is 7.89. The summed E-state index contributed by atoms with van der Waals surface area (Å²) in [5.41, 5.74) is 0.425. The predicted octanol–water partition coefficient (Wildman–Crippen LogP) is 0.599. The largest absolute Gasteiger partial charge is 0.265 e. The summed E-state index contributed by atoms with van der Waals surface area (Å²) in [6, 6.07) is 6.41. The maximum Gasteiger partial charge on any atom is 0.240 e. The van der Waals surface area contributed by atoms with E-state index in [9.17, 15) is 8.42 Å². The summed E-state index contributed by atoms with van der Waals surface area (Å²) in [7, 11) is -3.73. The van der Waals surface area contributed by atoms with E-state index in [0.717, 1.165) is 0 Å². The van der Waals surface area contributed by atoms with Crippen LogP contribution in [0, 0.1) is 0 Å². The van der Waals surface area contributed by atoms with Crippen LogP contribution in [0.25, 0.3) is 0 Å². The molecule has 2 rings (SSSR count). The fourth-order valence-electron chi connectivity index (χ4n) is 1.33. The number of nitrogens with zero attached hydrogens (tertiary/aromatic N) is 1. The SMILES string of the molecule is NS(=O)(=O)c1ccccc1N1C=CCO1. The average Bonchev–Trinajstić information content (AvgIpc) is 2.69. The molecule has 0 atom stereocenters. The zero-order valence-electron chi connectivity index (χ0n) is 7.83. The van der Waals surface area contributed by atoms with Crippen LogP contribution in [0.2, 0.25) is 0 Å². The first-order valence-electron chi connectivity index (χ1n) is 4.30. The van der Waals surface area contributed by atoms with Crippen molar-refractivity contribution < 1.29 is 13.3 Å². The van der Waals surface area contributed by atoms with E-state index in [-0.39, 0.29) is 4.90 Å². The third kappa shape index (κ3) is 2.01. The average molecular weight is 226 g/mol. The molecule has 6 heteroatoms. The van der Waals surface area contributed by atoms with Gasteiger partial charge in [-0.15, -0.1) is 0 Å². The van der Waals surface area contributed by atoms with Crippen LogP contribution in [0.15, 0.2) is 41.4 Å². The van der Waals surface area contributed by atoms with Gasteiger partial charge in [0.25, 0.3) is 0 Å². The van der Waals surface area contributed by atoms with Crippen molar-refractivity contribution in [2.75, 3.05) is 11.7 Å². The molecule has 0 amide bonds. The first kappa shape index (κ1) is 10.2. The van der Waals surface area contributed by atoms with E-state index in [4.69, 9.17) is 9.98 Å². The van der Waals surface area contributed by atoms with Gasteiger partial charge in [-0.3, -0.25) is 4.84 Å². The Morgan fingerprint density at radius 2 is 2.07 bits per heavy atom. The molecule has 15 heavy (non-hydrogen) atoms. The molecule has 0 fully saturated rings. The first-order valence-corrected chi connectivity index (χ1v) is 5.84. The van der Waals surface area contributed by atoms with Crippen molar-refractivity contribution >= 4 is 15.7 Å². The first-order chi connectivity index (χ1) is 7.09. The van der Waals surface area contributed by atoms with E-state index in [1.54, 1.807) is 30.5 Å². The van der Waals surface area contributed by atoms with Crippen molar-refractivity contribution in [3.63, 3.8) is 0 Å². The Morgan fingerprint density at radius 1 is 1.33 bits per heavy atom. The number of benzene rings is 1. The van der Waals surface area contributed by atoms with Crippen LogP contribution >= 0.6 is 0 Å². The van der Waals surface area contributed by atoms with Crippen LogP contribution < -0.4 is 10.2 Å². The van der Waals surface area contributed by atoms with E-state index in [0.29, 0.717) is 12.3 Å². The van der Waals surface area contributed by atoms with Gasteiger partial charge >= 0.3 is 0 Å². The molecule has 0 spiro atoms. The number of rotatable bonds is 2. The standard InChI is InChI=1S/C9H10N2O3S/c10-15(12,13)9-5-2-1-4-8(9)11-6-3-7-14-11/h1-6H,7H2,(H2,10,12,13). The van der Waals surface area contributed by atoms with Crippen LogP contribution in [-0.2, 0) is 14.9 Å². The van der Waals surface area contributed by atoms with Gasteiger partial charge in [0.05, 0.1) is 12.3 Å². The molecule has 1 heterocycles. The number of sulfonamides is 1. The zero-order valence-corrected chi connectivity index (χ0v) is 8.65. The van der Waals surface area contributed by atoms with Crippen LogP contribution in [0.4, 0.5) is 5.69 Å². The minimum atomic E-state index is -3.73. The van der Waals surface area contributed by atoms with E-state index in [1.165, 1.54) is 11.1 Å². The molecule has 80 valence electrons. The minimum Gasteiger partial charge on any atom is -0.265 e. The molecule has 5 nitrogen and oxygen atoms in total. The number of hydrogen-bond donors (Lipinski definition) is 1. The van der Waals surface area contributed by atoms with E-state index in [2.05, 4.69) is 0 Å². The Kier molecular flexibility index (Phi) is 2.47. The monoisotopic (exact) mass is 226 g/mol. The van der Waals surface area contributed by atoms with Gasteiger partial charge in [-0.1, -0.05) is 12.1 Å². The molecule has 1 aromatic rings. The van der Waals surface area contributed by atoms with Crippen LogP contribution in [0.3, 0.4) is 0 Å². The van der Waals surface area contributed by atoms with E-state index >= 15 is 0 Å². The van der Waals surface area contributed by atoms with Crippen molar-refractivity contribution in [1.82, 2.24) is 0 Å². The summed E-state index contributed by atoms with van der Waals surface area (Å²) < 4.78 is 22.6. The molecule has 1 aliphatic heterocycles. The van der Waals surface area contributed by atoms with Crippen molar-refractivity contribution in [3.8, 4) is 0 Å². The molecule has 1 aromatic carbocycles. The topological polar surface area (TPSA) is 72.6 Å². The van der Waals surface area contributed by atoms with Crippen LogP contribution in [0.5, 0.6) is 0 Å². The second kappa shape index (κ2) is 3.65. The van der Waals surface area contributed by atoms with E-state index < -0.39 is 10.0 Å². The highest BCUT2D eigenvalue weighted by Gasteiger charge is 2.18. The van der Waals surface area contributed by atoms with E-state index in [1.807, 2.05) is 0 Å². The lowest BCUT2D eigenvalue weighted by Gasteiger charge is -2.16. The molecule has 2 N–H and O–H groups in total. The Hall–Kier alpha value is -1.37. The predicted molar refractivity (Wildman–Crippen MR) is 55.4 cm³/mol. The molecule has 0 radical (unpaired) electrons. The lowest BCUT2D eigenvalue weighted by molar-refractivity contribution is 0.178. The Balaban J connectivity index is 2.51. The number of para-hydroxylation sites is 1. The summed E-state index contributed by atoms with van der Waals surface area (Å²) in [5.74, 6) is 0. The summed E-state index contributed by atoms with van der Waals surface area (Å²) in [4.78, 5) is 5.23. The van der Waals surface area contributed by atoms with Crippen LogP contribution in [0.1, 0.15) is 0 Å². The number of nitrogens with two attached hydrogens (primary N) is 1. The maximum atomic E-state index is 11.3. The van der Waals surface area contributed by atoms with Gasteiger partial charge in [-0.2, -0.15) is 0 Å². The molecule has 0 saturated carbocycles. The van der Waals surface area contributed by atoms with Crippen molar-refractivity contribution in [1.29, 1.82) is 0 Å². The molecule has 0 aromatic heterocycles. The lowest BCUT2D eigenvalue weighted by atomic mass is 10.3. The number of primary sulfonamides is 1. The Bertz CT molecular complexity index is 496. The number of hydroxylamine groups is 1. The third-order valence-corrected chi connectivity index (χ3v) is 2.92. The fourth-order valence-corrected chi connectivity index (χ4v) is 2.05. The van der Waals surface area contributed by atoms with Gasteiger partial charge in [-0.05, 0) is 18.2 Å². The summed E-state index contributed by atoms with van der Waals surface area (Å²) in [6.07, 6.45) is 3.43. The molecular formula is C9H10N2O3S. The van der Waals surface area contributed by atoms with Gasteiger partial charge in [0.15, 0.2) is 0 Å². The lowest BCUT2D eigenvalue weighted by Crippen LogP contribution is -2.19. The Morgan fingerprint density at radius 3 is 2.67 bits per heavy atom. The van der Waals surface area contributed by atoms with Crippen molar-refractivity contribution in [3.05, 3.63) is 36.5 Å². The second-order valence-corrected chi connectivity index (χ2v) is 4.55. The van der Waals surface area contributed by atoms with Gasteiger partial charge in [0.2, 0.25) is 10.0 Å². The molecule has 0 bridgehead atoms. The number of anilines is 1. The normalized spacial score (nSPS) is 15.9.